The van der Waals surface area contributed by atoms with Crippen molar-refractivity contribution in [2.75, 3.05) is 19.5 Å². The Kier molecular flexibility index (Phi) is 4.75. The maximum Gasteiger partial charge on any atom is 0.336 e. The van der Waals surface area contributed by atoms with Crippen molar-refractivity contribution in [2.45, 2.75) is 0 Å². The molecule has 6 heteroatoms. The number of anilines is 1. The van der Waals surface area contributed by atoms with E-state index in [9.17, 15) is 14.7 Å². The molecule has 0 bridgehead atoms. The van der Waals surface area contributed by atoms with Gasteiger partial charge in [0.25, 0.3) is 5.91 Å². The molecule has 0 fully saturated rings. The average molecular weight is 351 g/mol. The molecule has 3 aromatic rings. The summed E-state index contributed by atoms with van der Waals surface area (Å²) in [6, 6.07) is 15.0. The monoisotopic (exact) mass is 351 g/mol. The van der Waals surface area contributed by atoms with Crippen LogP contribution in [0.25, 0.3) is 10.8 Å². The van der Waals surface area contributed by atoms with E-state index in [4.69, 9.17) is 9.47 Å². The molecule has 0 heterocycles. The van der Waals surface area contributed by atoms with E-state index in [1.807, 2.05) is 0 Å². The van der Waals surface area contributed by atoms with E-state index < -0.39 is 5.97 Å². The van der Waals surface area contributed by atoms with Gasteiger partial charge in [-0.25, -0.2) is 4.79 Å². The molecule has 0 radical (unpaired) electrons. The molecule has 0 aliphatic carbocycles. The van der Waals surface area contributed by atoms with Crippen LogP contribution in [0.2, 0.25) is 0 Å². The summed E-state index contributed by atoms with van der Waals surface area (Å²) < 4.78 is 10.4. The molecule has 0 aliphatic rings. The van der Waals surface area contributed by atoms with Crippen molar-refractivity contribution < 1.29 is 24.2 Å². The largest absolute Gasteiger partial charge is 0.493 e. The predicted octanol–water partition coefficient (Wildman–Crippen LogP) is 3.81. The number of carboxylic acid groups (broad SMARTS) is 1. The van der Waals surface area contributed by atoms with Crippen molar-refractivity contribution in [2.24, 2.45) is 0 Å². The number of hydrogen-bond donors (Lipinski definition) is 2. The number of hydrogen-bond acceptors (Lipinski definition) is 4. The first-order valence-corrected chi connectivity index (χ1v) is 7.83. The maximum absolute atomic E-state index is 12.6. The molecule has 0 unspecified atom stereocenters. The van der Waals surface area contributed by atoms with Crippen LogP contribution in [-0.4, -0.2) is 31.2 Å². The molecule has 2 N–H and O–H groups in total. The molecule has 0 atom stereocenters. The minimum absolute atomic E-state index is 0.185. The summed E-state index contributed by atoms with van der Waals surface area (Å²) in [5.41, 5.74) is 1.11. The molecule has 0 saturated carbocycles. The molecule has 0 aliphatic heterocycles. The SMILES string of the molecule is COc1ccc(C(=O)Nc2ccc(C(=O)O)c3ccccc23)cc1OC. The van der Waals surface area contributed by atoms with Gasteiger partial charge in [0.05, 0.1) is 19.8 Å². The summed E-state index contributed by atoms with van der Waals surface area (Å²) in [5, 5.41) is 13.4. The van der Waals surface area contributed by atoms with Crippen LogP contribution in [0.5, 0.6) is 11.5 Å². The first-order chi connectivity index (χ1) is 12.5. The Morgan fingerprint density at radius 1 is 0.885 bits per heavy atom. The first kappa shape index (κ1) is 17.3. The van der Waals surface area contributed by atoms with Crippen LogP contribution in [0, 0.1) is 0 Å². The fourth-order valence-corrected chi connectivity index (χ4v) is 2.77. The van der Waals surface area contributed by atoms with Gasteiger partial charge in [0, 0.05) is 16.6 Å². The number of ether oxygens (including phenoxy) is 2. The van der Waals surface area contributed by atoms with Crippen molar-refractivity contribution in [1.29, 1.82) is 0 Å². The van der Waals surface area contributed by atoms with Gasteiger partial charge >= 0.3 is 5.97 Å². The number of carbonyl (C=O) groups excluding carboxylic acids is 1. The van der Waals surface area contributed by atoms with Gasteiger partial charge in [-0.3, -0.25) is 4.79 Å². The molecule has 0 saturated heterocycles. The molecule has 1 amide bonds. The normalized spacial score (nSPS) is 10.4. The molecule has 132 valence electrons. The van der Waals surface area contributed by atoms with Gasteiger partial charge in [0.15, 0.2) is 11.5 Å². The third-order valence-corrected chi connectivity index (χ3v) is 4.05. The fourth-order valence-electron chi connectivity index (χ4n) is 2.77. The second kappa shape index (κ2) is 7.14. The van der Waals surface area contributed by atoms with Crippen LogP contribution < -0.4 is 14.8 Å². The lowest BCUT2D eigenvalue weighted by atomic mass is 10.0. The van der Waals surface area contributed by atoms with Crippen LogP contribution in [0.15, 0.2) is 54.6 Å². The third-order valence-electron chi connectivity index (χ3n) is 4.05. The van der Waals surface area contributed by atoms with Crippen molar-refractivity contribution >= 4 is 28.3 Å². The van der Waals surface area contributed by atoms with Crippen LogP contribution >= 0.6 is 0 Å². The zero-order chi connectivity index (χ0) is 18.7. The lowest BCUT2D eigenvalue weighted by Gasteiger charge is -2.12. The van der Waals surface area contributed by atoms with Gasteiger partial charge in [-0.1, -0.05) is 24.3 Å². The van der Waals surface area contributed by atoms with E-state index in [2.05, 4.69) is 5.32 Å². The Hall–Kier alpha value is -3.54. The van der Waals surface area contributed by atoms with E-state index in [1.54, 1.807) is 48.5 Å². The Morgan fingerprint density at radius 3 is 2.23 bits per heavy atom. The summed E-state index contributed by atoms with van der Waals surface area (Å²) >= 11 is 0. The number of rotatable bonds is 5. The zero-order valence-corrected chi connectivity index (χ0v) is 14.3. The number of fused-ring (bicyclic) bond motifs is 1. The Labute approximate surface area is 150 Å². The summed E-state index contributed by atoms with van der Waals surface area (Å²) in [6.07, 6.45) is 0. The molecule has 0 aromatic heterocycles. The van der Waals surface area contributed by atoms with E-state index >= 15 is 0 Å². The fraction of sp³-hybridized carbons (Fsp3) is 0.100. The van der Waals surface area contributed by atoms with Crippen LogP contribution in [0.3, 0.4) is 0 Å². The van der Waals surface area contributed by atoms with Crippen molar-refractivity contribution in [3.8, 4) is 11.5 Å². The number of methoxy groups -OCH3 is 2. The van der Waals surface area contributed by atoms with Crippen molar-refractivity contribution in [3.63, 3.8) is 0 Å². The smallest absolute Gasteiger partial charge is 0.336 e. The van der Waals surface area contributed by atoms with Gasteiger partial charge in [0.2, 0.25) is 0 Å². The lowest BCUT2D eigenvalue weighted by Crippen LogP contribution is -2.13. The number of benzene rings is 3. The first-order valence-electron chi connectivity index (χ1n) is 7.83. The van der Waals surface area contributed by atoms with Crippen molar-refractivity contribution in [1.82, 2.24) is 0 Å². The molecular formula is C20H17NO5. The third kappa shape index (κ3) is 3.17. The second-order valence-electron chi connectivity index (χ2n) is 5.54. The number of aromatic carboxylic acids is 1. The molecule has 3 aromatic carbocycles. The van der Waals surface area contributed by atoms with Gasteiger partial charge in [-0.2, -0.15) is 0 Å². The Bertz CT molecular complexity index is 997. The van der Waals surface area contributed by atoms with Gasteiger partial charge in [0.1, 0.15) is 0 Å². The van der Waals surface area contributed by atoms with E-state index in [1.165, 1.54) is 20.3 Å². The highest BCUT2D eigenvalue weighted by atomic mass is 16.5. The number of carbonyl (C=O) groups is 2. The molecular weight excluding hydrogens is 334 g/mol. The highest BCUT2D eigenvalue weighted by molar-refractivity contribution is 6.13. The highest BCUT2D eigenvalue weighted by Gasteiger charge is 2.15. The van der Waals surface area contributed by atoms with E-state index in [0.717, 1.165) is 0 Å². The summed E-state index contributed by atoms with van der Waals surface area (Å²) in [5.74, 6) is -0.371. The molecule has 26 heavy (non-hydrogen) atoms. The lowest BCUT2D eigenvalue weighted by molar-refractivity contribution is 0.0699. The highest BCUT2D eigenvalue weighted by Crippen LogP contribution is 2.30. The summed E-state index contributed by atoms with van der Waals surface area (Å²) in [7, 11) is 3.02. The quantitative estimate of drug-likeness (QED) is 0.730. The minimum atomic E-state index is -1.01. The Balaban J connectivity index is 1.98. The van der Waals surface area contributed by atoms with E-state index in [0.29, 0.717) is 33.5 Å². The van der Waals surface area contributed by atoms with Crippen LogP contribution in [0.1, 0.15) is 20.7 Å². The average Bonchev–Trinajstić information content (AvgIpc) is 2.67. The van der Waals surface area contributed by atoms with Gasteiger partial charge < -0.3 is 19.9 Å². The topological polar surface area (TPSA) is 84.9 Å². The number of amides is 1. The molecule has 6 nitrogen and oxygen atoms in total. The number of carboxylic acids is 1. The van der Waals surface area contributed by atoms with Crippen LogP contribution in [-0.2, 0) is 0 Å². The zero-order valence-electron chi connectivity index (χ0n) is 14.3. The second-order valence-corrected chi connectivity index (χ2v) is 5.54. The predicted molar refractivity (Wildman–Crippen MR) is 98.4 cm³/mol. The molecule has 3 rings (SSSR count). The number of nitrogens with one attached hydrogen (secondary N) is 1. The maximum atomic E-state index is 12.6. The summed E-state index contributed by atoms with van der Waals surface area (Å²) in [6.45, 7) is 0. The van der Waals surface area contributed by atoms with E-state index in [-0.39, 0.29) is 11.5 Å². The van der Waals surface area contributed by atoms with Crippen LogP contribution in [0.4, 0.5) is 5.69 Å². The minimum Gasteiger partial charge on any atom is -0.493 e. The van der Waals surface area contributed by atoms with Gasteiger partial charge in [-0.05, 0) is 35.7 Å². The molecule has 0 spiro atoms. The Morgan fingerprint density at radius 2 is 1.58 bits per heavy atom. The summed E-state index contributed by atoms with van der Waals surface area (Å²) in [4.78, 5) is 24.0. The van der Waals surface area contributed by atoms with Crippen molar-refractivity contribution in [3.05, 3.63) is 65.7 Å². The van der Waals surface area contributed by atoms with Gasteiger partial charge in [-0.15, -0.1) is 0 Å². The standard InChI is InChI=1S/C20H17NO5/c1-25-17-10-7-12(11-18(17)26-2)19(22)21-16-9-8-15(20(23)24)13-5-3-4-6-14(13)16/h3-11H,1-2H3,(H,21,22)(H,23,24).